The van der Waals surface area contributed by atoms with E-state index < -0.39 is 11.6 Å². The first kappa shape index (κ1) is 13.9. The maximum atomic E-state index is 13.7. The summed E-state index contributed by atoms with van der Waals surface area (Å²) in [4.78, 5) is 12.1. The summed E-state index contributed by atoms with van der Waals surface area (Å²) in [6.07, 6.45) is 0.399. The summed E-state index contributed by atoms with van der Waals surface area (Å²) in [5, 5.41) is 8.37. The number of aromatic nitrogens is 2. The third-order valence-corrected chi connectivity index (χ3v) is 4.36. The summed E-state index contributed by atoms with van der Waals surface area (Å²) in [5.41, 5.74) is -0.0365. The van der Waals surface area contributed by atoms with Gasteiger partial charge in [0.05, 0.1) is 4.90 Å². The van der Waals surface area contributed by atoms with Gasteiger partial charge in [0, 0.05) is 19.7 Å². The van der Waals surface area contributed by atoms with Crippen molar-refractivity contribution >= 4 is 34.5 Å². The molecule has 0 aliphatic carbocycles. The molecular weight excluding hydrogens is 292 g/mol. The van der Waals surface area contributed by atoms with Crippen LogP contribution >= 0.6 is 23.1 Å². The van der Waals surface area contributed by atoms with E-state index >= 15 is 0 Å². The second-order valence-corrected chi connectivity index (χ2v) is 5.99. The van der Waals surface area contributed by atoms with Crippen LogP contribution in [0.5, 0.6) is 0 Å². The number of benzene rings is 1. The first-order valence-corrected chi connectivity index (χ1v) is 6.77. The average molecular weight is 301 g/mol. The van der Waals surface area contributed by atoms with Crippen molar-refractivity contribution in [3.8, 4) is 0 Å². The van der Waals surface area contributed by atoms with E-state index in [0.717, 1.165) is 23.9 Å². The molecule has 1 aromatic carbocycles. The first-order valence-electron chi connectivity index (χ1n) is 5.14. The largest absolute Gasteiger partial charge is 0.353 e. The van der Waals surface area contributed by atoms with Crippen molar-refractivity contribution in [3.05, 3.63) is 29.3 Å². The molecule has 0 aliphatic heterocycles. The Hall–Kier alpha value is -1.54. The Morgan fingerprint density at radius 1 is 1.26 bits per heavy atom. The predicted octanol–water partition coefficient (Wildman–Crippen LogP) is 2.85. The smallest absolute Gasteiger partial charge is 0.208 e. The van der Waals surface area contributed by atoms with E-state index in [-0.39, 0.29) is 10.5 Å². The molecule has 0 atom stereocenters. The fraction of sp³-hybridized carbons (Fsp3) is 0.182. The van der Waals surface area contributed by atoms with E-state index in [9.17, 15) is 13.6 Å². The van der Waals surface area contributed by atoms with Gasteiger partial charge in [0.25, 0.3) is 0 Å². The number of carbonyl (C=O) groups excluding carboxylic acids is 1. The van der Waals surface area contributed by atoms with Gasteiger partial charge >= 0.3 is 0 Å². The van der Waals surface area contributed by atoms with Gasteiger partial charge in [0.1, 0.15) is 17.9 Å². The lowest BCUT2D eigenvalue weighted by Gasteiger charge is -2.04. The Morgan fingerprint density at radius 2 is 1.89 bits per heavy atom. The SMILES string of the molecule is CN(C)c1nnc(Sc2c(F)cc(C=O)cc2F)s1. The van der Waals surface area contributed by atoms with Crippen LogP contribution < -0.4 is 4.90 Å². The molecule has 100 valence electrons. The van der Waals surface area contributed by atoms with Crippen molar-refractivity contribution in [1.29, 1.82) is 0 Å². The van der Waals surface area contributed by atoms with Crippen LogP contribution in [-0.2, 0) is 0 Å². The zero-order valence-electron chi connectivity index (χ0n) is 10.1. The molecule has 0 N–H and O–H groups in total. The monoisotopic (exact) mass is 301 g/mol. The van der Waals surface area contributed by atoms with Gasteiger partial charge in [0.15, 0.2) is 4.34 Å². The number of carbonyl (C=O) groups is 1. The zero-order chi connectivity index (χ0) is 14.0. The Morgan fingerprint density at radius 3 is 2.37 bits per heavy atom. The maximum Gasteiger partial charge on any atom is 0.208 e. The minimum absolute atomic E-state index is 0.0365. The molecule has 0 fully saturated rings. The van der Waals surface area contributed by atoms with Gasteiger partial charge < -0.3 is 4.90 Å². The average Bonchev–Trinajstić information content (AvgIpc) is 2.82. The van der Waals surface area contributed by atoms with Crippen molar-refractivity contribution < 1.29 is 13.6 Å². The van der Waals surface area contributed by atoms with E-state index in [1.807, 2.05) is 0 Å². The van der Waals surface area contributed by atoms with Crippen molar-refractivity contribution in [2.75, 3.05) is 19.0 Å². The molecule has 1 heterocycles. The van der Waals surface area contributed by atoms with Crippen molar-refractivity contribution in [1.82, 2.24) is 10.2 Å². The summed E-state index contributed by atoms with van der Waals surface area (Å²) in [6.45, 7) is 0. The lowest BCUT2D eigenvalue weighted by Crippen LogP contribution is -2.07. The Kier molecular flexibility index (Phi) is 4.11. The molecule has 0 radical (unpaired) electrons. The van der Waals surface area contributed by atoms with Gasteiger partial charge in [-0.05, 0) is 12.1 Å². The standard InChI is InChI=1S/C11H9F2N3OS2/c1-16(2)10-14-15-11(19-10)18-9-7(12)3-6(5-17)4-8(9)13/h3-5H,1-2H3. The van der Waals surface area contributed by atoms with E-state index in [4.69, 9.17) is 0 Å². The zero-order valence-corrected chi connectivity index (χ0v) is 11.7. The number of hydrogen-bond acceptors (Lipinski definition) is 6. The summed E-state index contributed by atoms with van der Waals surface area (Å²) < 4.78 is 27.8. The van der Waals surface area contributed by atoms with Crippen molar-refractivity contribution in [3.63, 3.8) is 0 Å². The molecule has 8 heteroatoms. The summed E-state index contributed by atoms with van der Waals surface area (Å²) in [5.74, 6) is -1.57. The number of aldehydes is 1. The van der Waals surface area contributed by atoms with Crippen LogP contribution in [0, 0.1) is 11.6 Å². The maximum absolute atomic E-state index is 13.7. The van der Waals surface area contributed by atoms with Gasteiger partial charge in [-0.3, -0.25) is 4.79 Å². The van der Waals surface area contributed by atoms with Gasteiger partial charge in [-0.15, -0.1) is 10.2 Å². The highest BCUT2D eigenvalue weighted by Crippen LogP contribution is 2.35. The second-order valence-electron chi connectivity index (χ2n) is 3.78. The normalized spacial score (nSPS) is 10.5. The third kappa shape index (κ3) is 3.07. The summed E-state index contributed by atoms with van der Waals surface area (Å²) in [7, 11) is 3.60. The molecule has 0 unspecified atom stereocenters. The van der Waals surface area contributed by atoms with Gasteiger partial charge in [-0.2, -0.15) is 0 Å². The van der Waals surface area contributed by atoms with Crippen LogP contribution in [-0.4, -0.2) is 30.6 Å². The number of anilines is 1. The lowest BCUT2D eigenvalue weighted by molar-refractivity contribution is 0.112. The highest BCUT2D eigenvalue weighted by molar-refractivity contribution is 8.01. The highest BCUT2D eigenvalue weighted by atomic mass is 32.2. The Balaban J connectivity index is 2.30. The minimum atomic E-state index is -0.784. The van der Waals surface area contributed by atoms with Crippen molar-refractivity contribution in [2.45, 2.75) is 9.24 Å². The molecule has 2 aromatic rings. The van der Waals surface area contributed by atoms with E-state index in [1.54, 1.807) is 19.0 Å². The van der Waals surface area contributed by atoms with Crippen LogP contribution in [0.25, 0.3) is 0 Å². The Labute approximate surface area is 116 Å². The number of halogens is 2. The molecule has 19 heavy (non-hydrogen) atoms. The second kappa shape index (κ2) is 5.62. The lowest BCUT2D eigenvalue weighted by atomic mass is 10.2. The quantitative estimate of drug-likeness (QED) is 0.813. The topological polar surface area (TPSA) is 46.1 Å². The predicted molar refractivity (Wildman–Crippen MR) is 70.1 cm³/mol. The molecule has 0 spiro atoms. The van der Waals surface area contributed by atoms with Gasteiger partial charge in [-0.1, -0.05) is 23.1 Å². The molecule has 0 saturated heterocycles. The fourth-order valence-electron chi connectivity index (χ4n) is 1.26. The molecule has 2 rings (SSSR count). The molecular formula is C11H9F2N3OS2. The Bertz CT molecular complexity index is 593. The molecule has 0 aliphatic rings. The van der Waals surface area contributed by atoms with Crippen LogP contribution in [0.3, 0.4) is 0 Å². The summed E-state index contributed by atoms with van der Waals surface area (Å²) in [6, 6.07) is 1.98. The van der Waals surface area contributed by atoms with Crippen LogP contribution in [0.15, 0.2) is 21.4 Å². The highest BCUT2D eigenvalue weighted by Gasteiger charge is 2.15. The molecule has 1 aromatic heterocycles. The summed E-state index contributed by atoms with van der Waals surface area (Å²) >= 11 is 2.08. The fourth-order valence-corrected chi connectivity index (χ4v) is 2.97. The van der Waals surface area contributed by atoms with Crippen LogP contribution in [0.2, 0.25) is 0 Å². The van der Waals surface area contributed by atoms with E-state index in [2.05, 4.69) is 10.2 Å². The molecule has 0 saturated carbocycles. The molecule has 0 amide bonds. The minimum Gasteiger partial charge on any atom is -0.353 e. The van der Waals surface area contributed by atoms with Gasteiger partial charge in [-0.25, -0.2) is 8.78 Å². The molecule has 0 bridgehead atoms. The number of nitrogens with zero attached hydrogens (tertiary/aromatic N) is 3. The first-order chi connectivity index (χ1) is 9.01. The van der Waals surface area contributed by atoms with Gasteiger partial charge in [0.2, 0.25) is 5.13 Å². The van der Waals surface area contributed by atoms with Crippen LogP contribution in [0.1, 0.15) is 10.4 Å². The molecule has 4 nitrogen and oxygen atoms in total. The number of hydrogen-bond donors (Lipinski definition) is 0. The van der Waals surface area contributed by atoms with Crippen molar-refractivity contribution in [2.24, 2.45) is 0 Å². The van der Waals surface area contributed by atoms with E-state index in [1.165, 1.54) is 11.3 Å². The third-order valence-electron chi connectivity index (χ3n) is 2.12. The van der Waals surface area contributed by atoms with E-state index in [0.29, 0.717) is 15.8 Å². The number of rotatable bonds is 4. The van der Waals surface area contributed by atoms with Crippen LogP contribution in [0.4, 0.5) is 13.9 Å².